The van der Waals surface area contributed by atoms with Gasteiger partial charge in [-0.2, -0.15) is 59.7 Å². The van der Waals surface area contributed by atoms with Gasteiger partial charge in [-0.3, -0.25) is 0 Å². The van der Waals surface area contributed by atoms with Gasteiger partial charge in [-0.25, -0.2) is 0 Å². The van der Waals surface area contributed by atoms with Crippen molar-refractivity contribution in [3.8, 4) is 11.1 Å². The van der Waals surface area contributed by atoms with Gasteiger partial charge < -0.3 is 114 Å². The van der Waals surface area contributed by atoms with Crippen LogP contribution in [0.1, 0.15) is 36.8 Å². The van der Waals surface area contributed by atoms with E-state index in [0.717, 1.165) is 25.7 Å². The van der Waals surface area contributed by atoms with Crippen molar-refractivity contribution in [2.24, 2.45) is 0 Å². The first kappa shape index (κ1) is 88.7. The standard InChI is InChI=1S/C65H112O24.2Y/c1-66-17-19-70-25-27-74-33-35-78-41-43-82-49-51-86-57-59-88-55-53-84-47-45-80-39-37-76-31-29-72-23-21-68-15-7-13-65(63-11-5-3-9-61(63)62-10-4-6-12-64(62)65)14-8-16-69-22-24-73-30-32-77-38-40-81-46-48-85-54-56-89-60-58-87-52-50-83-44-42-79-36-34-75-28-26-71-20-18-67-2;;/h3-4,9-12H,7-8,13-60H2,1-2H3;;/q-2;;. The summed E-state index contributed by atoms with van der Waals surface area (Å²) in [6, 6.07) is 19.4. The van der Waals surface area contributed by atoms with Crippen LogP contribution in [-0.4, -0.2) is 318 Å². The van der Waals surface area contributed by atoms with E-state index in [0.29, 0.717) is 304 Å². The Bertz CT molecular complexity index is 1650. The van der Waals surface area contributed by atoms with Crippen LogP contribution in [-0.2, 0) is 185 Å². The Morgan fingerprint density at radius 2 is 0.385 bits per heavy atom. The molecule has 0 fully saturated rings. The van der Waals surface area contributed by atoms with Crippen molar-refractivity contribution < 1.29 is 179 Å². The second-order valence-corrected chi connectivity index (χ2v) is 19.7. The Balaban J connectivity index is 0.0000207. The largest absolute Gasteiger partial charge is 0.382 e. The van der Waals surface area contributed by atoms with Crippen molar-refractivity contribution in [3.63, 3.8) is 0 Å². The van der Waals surface area contributed by atoms with E-state index >= 15 is 0 Å². The Morgan fingerprint density at radius 1 is 0.231 bits per heavy atom. The Morgan fingerprint density at radius 3 is 0.549 bits per heavy atom. The minimum atomic E-state index is -0.166. The second-order valence-electron chi connectivity index (χ2n) is 19.7. The summed E-state index contributed by atoms with van der Waals surface area (Å²) >= 11 is 0. The zero-order valence-electron chi connectivity index (χ0n) is 55.3. The molecule has 0 aromatic heterocycles. The average Bonchev–Trinajstić information content (AvgIpc) is 1.58. The molecule has 0 spiro atoms. The van der Waals surface area contributed by atoms with Gasteiger partial charge in [0.05, 0.1) is 291 Å². The number of benzene rings is 2. The van der Waals surface area contributed by atoms with Crippen LogP contribution in [0.4, 0.5) is 0 Å². The second kappa shape index (κ2) is 71.0. The maximum atomic E-state index is 6.04. The normalized spacial score (nSPS) is 12.4. The third kappa shape index (κ3) is 51.5. The van der Waals surface area contributed by atoms with Crippen LogP contribution in [0.3, 0.4) is 0 Å². The summed E-state index contributed by atoms with van der Waals surface area (Å²) in [5.74, 6) is 0. The maximum absolute atomic E-state index is 6.04. The quantitative estimate of drug-likeness (QED) is 0.0643. The predicted molar refractivity (Wildman–Crippen MR) is 331 cm³/mol. The molecule has 3 rings (SSSR count). The number of ether oxygens (including phenoxy) is 24. The number of rotatable bonds is 74. The Hall–Kier alpha value is -0.312. The van der Waals surface area contributed by atoms with E-state index in [1.54, 1.807) is 14.2 Å². The number of fused-ring (bicyclic) bond motifs is 3. The van der Waals surface area contributed by atoms with Crippen molar-refractivity contribution in [2.45, 2.75) is 31.1 Å². The molecule has 1 aliphatic carbocycles. The molecule has 2 radical (unpaired) electrons. The molecule has 0 atom stereocenters. The fourth-order valence-electron chi connectivity index (χ4n) is 8.77. The van der Waals surface area contributed by atoms with Crippen LogP contribution in [0.15, 0.2) is 36.4 Å². The van der Waals surface area contributed by atoms with Crippen LogP contribution in [0.2, 0.25) is 0 Å². The molecule has 1 aliphatic rings. The minimum absolute atomic E-state index is 0. The van der Waals surface area contributed by atoms with E-state index in [4.69, 9.17) is 114 Å². The fraction of sp³-hybridized carbons (Fsp3) is 0.815. The monoisotopic (exact) mass is 1450 g/mol. The van der Waals surface area contributed by atoms with Gasteiger partial charge in [-0.1, -0.05) is 18.3 Å². The number of methoxy groups -OCH3 is 2. The maximum Gasteiger partial charge on any atom is 0.0701 e. The van der Waals surface area contributed by atoms with E-state index in [1.165, 1.54) is 22.3 Å². The van der Waals surface area contributed by atoms with Crippen LogP contribution in [0.5, 0.6) is 0 Å². The first-order valence-corrected chi connectivity index (χ1v) is 32.0. The van der Waals surface area contributed by atoms with Gasteiger partial charge in [0.2, 0.25) is 0 Å². The van der Waals surface area contributed by atoms with E-state index in [1.807, 2.05) is 12.1 Å². The van der Waals surface area contributed by atoms with Crippen LogP contribution in [0.25, 0.3) is 11.1 Å². The molecular formula is C65H112O24Y2-2. The summed E-state index contributed by atoms with van der Waals surface area (Å²) in [6.07, 6.45) is 3.68. The smallest absolute Gasteiger partial charge is 0.0701 e. The van der Waals surface area contributed by atoms with E-state index in [9.17, 15) is 0 Å². The van der Waals surface area contributed by atoms with E-state index < -0.39 is 0 Å². The van der Waals surface area contributed by atoms with Gasteiger partial charge in [0, 0.05) is 92.9 Å². The first-order valence-electron chi connectivity index (χ1n) is 32.0. The SMILES string of the molecule is COCCOCCOCCOCCOCCOCCOCCOCCOCCOCCOCCOCCCC1(CCCOCCOCCOCCOCCOCCOCCOCCOCCOCCOCCOCCOC)c2c[c-]ccc2-c2cc[c-]cc21.[Y].[Y]. The third-order valence-electron chi connectivity index (χ3n) is 13.1. The molecular weight excluding hydrogens is 1340 g/mol. The van der Waals surface area contributed by atoms with E-state index in [2.05, 4.69) is 36.4 Å². The summed E-state index contributed by atoms with van der Waals surface area (Å²) in [7, 11) is 3.29. The topological polar surface area (TPSA) is 222 Å². The molecule has 0 aliphatic heterocycles. The molecule has 0 saturated heterocycles. The molecule has 91 heavy (non-hydrogen) atoms. The molecule has 0 amide bonds. The summed E-state index contributed by atoms with van der Waals surface area (Å²) in [4.78, 5) is 0. The zero-order chi connectivity index (χ0) is 62.8. The number of hydrogen-bond acceptors (Lipinski definition) is 24. The van der Waals surface area contributed by atoms with E-state index in [-0.39, 0.29) is 70.8 Å². The van der Waals surface area contributed by atoms with Crippen molar-refractivity contribution >= 4 is 0 Å². The molecule has 2 aromatic rings. The molecule has 24 nitrogen and oxygen atoms in total. The molecule has 2 aromatic carbocycles. The zero-order valence-corrected chi connectivity index (χ0v) is 60.9. The van der Waals surface area contributed by atoms with Gasteiger partial charge in [0.25, 0.3) is 0 Å². The Labute approximate surface area is 594 Å². The molecule has 0 saturated carbocycles. The summed E-state index contributed by atoms with van der Waals surface area (Å²) in [5.41, 5.74) is 5.01. The van der Waals surface area contributed by atoms with Crippen LogP contribution in [0, 0.1) is 12.1 Å². The number of hydrogen-bond donors (Lipinski definition) is 0. The van der Waals surface area contributed by atoms with Crippen molar-refractivity contribution in [1.82, 2.24) is 0 Å². The molecule has 0 bridgehead atoms. The van der Waals surface area contributed by atoms with Crippen LogP contribution >= 0.6 is 0 Å². The van der Waals surface area contributed by atoms with Crippen LogP contribution < -0.4 is 0 Å². The van der Waals surface area contributed by atoms with Crippen molar-refractivity contribution in [1.29, 1.82) is 0 Å². The van der Waals surface area contributed by atoms with Gasteiger partial charge in [-0.05, 0) is 12.8 Å². The van der Waals surface area contributed by atoms with Crippen molar-refractivity contribution in [3.05, 3.63) is 59.7 Å². The fourth-order valence-corrected chi connectivity index (χ4v) is 8.77. The summed E-state index contributed by atoms with van der Waals surface area (Å²) < 4.78 is 133. The predicted octanol–water partition coefficient (Wildman–Crippen LogP) is 4.77. The molecule has 0 unspecified atom stereocenters. The average molecular weight is 1460 g/mol. The molecule has 0 heterocycles. The molecule has 26 heteroatoms. The molecule has 524 valence electrons. The van der Waals surface area contributed by atoms with Crippen molar-refractivity contribution in [2.75, 3.05) is 318 Å². The van der Waals surface area contributed by atoms with Gasteiger partial charge in [-0.15, -0.1) is 11.1 Å². The minimum Gasteiger partial charge on any atom is -0.382 e. The van der Waals surface area contributed by atoms with Gasteiger partial charge >= 0.3 is 0 Å². The third-order valence-corrected chi connectivity index (χ3v) is 13.1. The Kier molecular flexibility index (Phi) is 69.2. The van der Waals surface area contributed by atoms with Gasteiger partial charge in [0.15, 0.2) is 0 Å². The summed E-state index contributed by atoms with van der Waals surface area (Å²) in [6.45, 7) is 23.8. The summed E-state index contributed by atoms with van der Waals surface area (Å²) in [5, 5.41) is 0. The van der Waals surface area contributed by atoms with Gasteiger partial charge in [0.1, 0.15) is 0 Å². The molecule has 0 N–H and O–H groups in total. The first-order chi connectivity index (χ1) is 44.3.